The second-order valence-electron chi connectivity index (χ2n) is 5.64. The number of pyridine rings is 1. The Bertz CT molecular complexity index is 521. The minimum atomic E-state index is -1.04. The van der Waals surface area contributed by atoms with E-state index in [4.69, 9.17) is 10.5 Å². The highest BCUT2D eigenvalue weighted by Gasteiger charge is 2.62. The van der Waals surface area contributed by atoms with Crippen molar-refractivity contribution in [3.05, 3.63) is 24.1 Å². The van der Waals surface area contributed by atoms with Gasteiger partial charge in [-0.2, -0.15) is 4.39 Å². The standard InChI is InChI=1S/C14H20FN3O2/c1-4-20-9-8-14(16,13(9,2)3)12(19)18-11-7-5-6-10(15)17-11/h5-7,9H,4,8,16H2,1-3H3,(H,17,18,19). The van der Waals surface area contributed by atoms with Crippen molar-refractivity contribution in [3.63, 3.8) is 0 Å². The van der Waals surface area contributed by atoms with E-state index in [2.05, 4.69) is 10.3 Å². The number of nitrogens with one attached hydrogen (secondary N) is 1. The molecule has 2 unspecified atom stereocenters. The van der Waals surface area contributed by atoms with Crippen molar-refractivity contribution in [2.24, 2.45) is 11.1 Å². The summed E-state index contributed by atoms with van der Waals surface area (Å²) in [6.07, 6.45) is 0.387. The van der Waals surface area contributed by atoms with Crippen LogP contribution in [0.2, 0.25) is 0 Å². The molecule has 1 aliphatic rings. The molecule has 1 saturated carbocycles. The fraction of sp³-hybridized carbons (Fsp3) is 0.571. The lowest BCUT2D eigenvalue weighted by atomic mass is 9.54. The summed E-state index contributed by atoms with van der Waals surface area (Å²) >= 11 is 0. The van der Waals surface area contributed by atoms with Gasteiger partial charge in [-0.15, -0.1) is 0 Å². The SMILES string of the molecule is CCOC1CC(N)(C(=O)Nc2cccc(F)n2)C1(C)C. The minimum absolute atomic E-state index is 0.0521. The topological polar surface area (TPSA) is 77.2 Å². The summed E-state index contributed by atoms with van der Waals surface area (Å²) in [5, 5.41) is 2.57. The van der Waals surface area contributed by atoms with Crippen LogP contribution in [0.4, 0.5) is 10.2 Å². The van der Waals surface area contributed by atoms with Gasteiger partial charge in [-0.1, -0.05) is 19.9 Å². The van der Waals surface area contributed by atoms with Crippen LogP contribution in [0, 0.1) is 11.4 Å². The monoisotopic (exact) mass is 281 g/mol. The van der Waals surface area contributed by atoms with Gasteiger partial charge in [-0.25, -0.2) is 4.98 Å². The van der Waals surface area contributed by atoms with Crippen LogP contribution in [-0.2, 0) is 9.53 Å². The Kier molecular flexibility index (Phi) is 3.80. The quantitative estimate of drug-likeness (QED) is 0.823. The maximum atomic E-state index is 13.0. The predicted molar refractivity (Wildman–Crippen MR) is 73.6 cm³/mol. The number of halogens is 1. The fourth-order valence-corrected chi connectivity index (χ4v) is 2.53. The molecule has 0 aliphatic heterocycles. The van der Waals surface area contributed by atoms with Crippen LogP contribution < -0.4 is 11.1 Å². The number of amides is 1. The molecule has 0 spiro atoms. The fourth-order valence-electron chi connectivity index (χ4n) is 2.53. The summed E-state index contributed by atoms with van der Waals surface area (Å²) in [6.45, 7) is 6.28. The number of nitrogens with zero attached hydrogens (tertiary/aromatic N) is 1. The van der Waals surface area contributed by atoms with Crippen molar-refractivity contribution >= 4 is 11.7 Å². The first-order valence-corrected chi connectivity index (χ1v) is 6.65. The molecule has 1 heterocycles. The first kappa shape index (κ1) is 14.9. The van der Waals surface area contributed by atoms with E-state index in [9.17, 15) is 9.18 Å². The summed E-state index contributed by atoms with van der Waals surface area (Å²) < 4.78 is 18.6. The Hall–Kier alpha value is -1.53. The van der Waals surface area contributed by atoms with E-state index in [-0.39, 0.29) is 17.8 Å². The van der Waals surface area contributed by atoms with Gasteiger partial charge >= 0.3 is 0 Å². The molecule has 1 aromatic rings. The Labute approximate surface area is 117 Å². The minimum Gasteiger partial charge on any atom is -0.378 e. The molecule has 6 heteroatoms. The molecule has 2 rings (SSSR count). The number of nitrogens with two attached hydrogens (primary N) is 1. The van der Waals surface area contributed by atoms with E-state index in [0.717, 1.165) is 0 Å². The van der Waals surface area contributed by atoms with Crippen LogP contribution >= 0.6 is 0 Å². The molecule has 110 valence electrons. The van der Waals surface area contributed by atoms with Crippen LogP contribution in [0.15, 0.2) is 18.2 Å². The average molecular weight is 281 g/mol. The highest BCUT2D eigenvalue weighted by atomic mass is 19.1. The maximum Gasteiger partial charge on any atom is 0.246 e. The first-order chi connectivity index (χ1) is 9.31. The average Bonchev–Trinajstić information content (AvgIpc) is 2.38. The molecule has 1 aliphatic carbocycles. The number of rotatable bonds is 4. The summed E-state index contributed by atoms with van der Waals surface area (Å²) in [4.78, 5) is 15.9. The smallest absolute Gasteiger partial charge is 0.246 e. The van der Waals surface area contributed by atoms with Gasteiger partial charge in [0.05, 0.1) is 6.10 Å². The molecular formula is C14H20FN3O2. The van der Waals surface area contributed by atoms with E-state index >= 15 is 0 Å². The Balaban J connectivity index is 2.10. The molecule has 0 aromatic carbocycles. The third kappa shape index (κ3) is 2.29. The molecule has 5 nitrogen and oxygen atoms in total. The molecule has 0 bridgehead atoms. The molecular weight excluding hydrogens is 261 g/mol. The normalized spacial score (nSPS) is 27.8. The van der Waals surface area contributed by atoms with Gasteiger partial charge in [0.1, 0.15) is 11.4 Å². The number of hydrogen-bond donors (Lipinski definition) is 2. The van der Waals surface area contributed by atoms with Crippen LogP contribution in [0.3, 0.4) is 0 Å². The van der Waals surface area contributed by atoms with E-state index in [1.165, 1.54) is 18.2 Å². The number of ether oxygens (including phenoxy) is 1. The molecule has 1 aromatic heterocycles. The van der Waals surface area contributed by atoms with Crippen molar-refractivity contribution in [1.82, 2.24) is 4.98 Å². The van der Waals surface area contributed by atoms with Gasteiger partial charge in [-0.3, -0.25) is 4.79 Å². The van der Waals surface area contributed by atoms with Gasteiger partial charge < -0.3 is 15.8 Å². The first-order valence-electron chi connectivity index (χ1n) is 6.65. The number of anilines is 1. The van der Waals surface area contributed by atoms with Gasteiger partial charge in [0.2, 0.25) is 11.9 Å². The Morgan fingerprint density at radius 3 is 2.85 bits per heavy atom. The molecule has 1 amide bonds. The highest BCUT2D eigenvalue weighted by Crippen LogP contribution is 2.50. The zero-order valence-electron chi connectivity index (χ0n) is 11.9. The number of hydrogen-bond acceptors (Lipinski definition) is 4. The van der Waals surface area contributed by atoms with Crippen molar-refractivity contribution in [1.29, 1.82) is 0 Å². The van der Waals surface area contributed by atoms with Crippen molar-refractivity contribution in [2.75, 3.05) is 11.9 Å². The van der Waals surface area contributed by atoms with Gasteiger partial charge in [0, 0.05) is 18.4 Å². The summed E-state index contributed by atoms with van der Waals surface area (Å²) in [6, 6.07) is 4.22. The van der Waals surface area contributed by atoms with Gasteiger partial charge in [0.15, 0.2) is 0 Å². The van der Waals surface area contributed by atoms with Crippen LogP contribution in [0.25, 0.3) is 0 Å². The lowest BCUT2D eigenvalue weighted by Crippen LogP contribution is -2.74. The summed E-state index contributed by atoms with van der Waals surface area (Å²) in [7, 11) is 0. The van der Waals surface area contributed by atoms with Crippen molar-refractivity contribution in [3.8, 4) is 0 Å². The Morgan fingerprint density at radius 2 is 2.30 bits per heavy atom. The van der Waals surface area contributed by atoms with E-state index in [0.29, 0.717) is 13.0 Å². The second kappa shape index (κ2) is 5.10. The lowest BCUT2D eigenvalue weighted by molar-refractivity contribution is -0.166. The van der Waals surface area contributed by atoms with Crippen molar-refractivity contribution < 1.29 is 13.9 Å². The summed E-state index contributed by atoms with van der Waals surface area (Å²) in [5.41, 5.74) is 4.69. The van der Waals surface area contributed by atoms with Gasteiger partial charge in [-0.05, 0) is 19.1 Å². The van der Waals surface area contributed by atoms with E-state index in [1.807, 2.05) is 20.8 Å². The highest BCUT2D eigenvalue weighted by molar-refractivity contribution is 5.99. The zero-order valence-corrected chi connectivity index (χ0v) is 11.9. The number of carbonyl (C=O) groups excluding carboxylic acids is 1. The zero-order chi connectivity index (χ0) is 15.0. The number of carbonyl (C=O) groups is 1. The molecule has 3 N–H and O–H groups in total. The Morgan fingerprint density at radius 1 is 1.60 bits per heavy atom. The third-order valence-corrected chi connectivity index (χ3v) is 4.19. The van der Waals surface area contributed by atoms with E-state index < -0.39 is 16.9 Å². The predicted octanol–water partition coefficient (Wildman–Crippen LogP) is 1.69. The lowest BCUT2D eigenvalue weighted by Gasteiger charge is -2.57. The second-order valence-corrected chi connectivity index (χ2v) is 5.64. The molecule has 0 saturated heterocycles. The molecule has 0 radical (unpaired) electrons. The van der Waals surface area contributed by atoms with Crippen LogP contribution in [0.5, 0.6) is 0 Å². The molecule has 20 heavy (non-hydrogen) atoms. The van der Waals surface area contributed by atoms with Crippen molar-refractivity contribution in [2.45, 2.75) is 38.8 Å². The van der Waals surface area contributed by atoms with E-state index in [1.54, 1.807) is 0 Å². The molecule has 1 fully saturated rings. The maximum absolute atomic E-state index is 13.0. The third-order valence-electron chi connectivity index (χ3n) is 4.19. The van der Waals surface area contributed by atoms with Crippen LogP contribution in [0.1, 0.15) is 27.2 Å². The largest absolute Gasteiger partial charge is 0.378 e. The number of aromatic nitrogens is 1. The van der Waals surface area contributed by atoms with Gasteiger partial charge in [0.25, 0.3) is 0 Å². The van der Waals surface area contributed by atoms with Crippen LogP contribution in [-0.4, -0.2) is 29.1 Å². The summed E-state index contributed by atoms with van der Waals surface area (Å²) in [5.74, 6) is -0.846. The molecule has 2 atom stereocenters.